The maximum atomic E-state index is 9.99. The largest absolute Gasteiger partial charge is 0.393 e. The third-order valence-corrected chi connectivity index (χ3v) is 3.17. The maximum absolute atomic E-state index is 9.99. The predicted molar refractivity (Wildman–Crippen MR) is 71.5 cm³/mol. The molecule has 1 atom stereocenters. The molecule has 0 radical (unpaired) electrons. The van der Waals surface area contributed by atoms with Crippen molar-refractivity contribution in [2.45, 2.75) is 46.1 Å². The predicted octanol–water partition coefficient (Wildman–Crippen LogP) is 2.94. The first-order valence-corrected chi connectivity index (χ1v) is 6.28. The van der Waals surface area contributed by atoms with Crippen LogP contribution in [0.25, 0.3) is 0 Å². The fourth-order valence-electron chi connectivity index (χ4n) is 2.33. The van der Waals surface area contributed by atoms with Gasteiger partial charge in [-0.05, 0) is 56.7 Å². The van der Waals surface area contributed by atoms with E-state index < -0.39 is 0 Å². The Hall–Kier alpha value is -0.860. The van der Waals surface area contributed by atoms with Crippen LogP contribution in [0.15, 0.2) is 12.1 Å². The second-order valence-electron chi connectivity index (χ2n) is 4.87. The lowest BCUT2D eigenvalue weighted by Gasteiger charge is -2.15. The zero-order valence-electron chi connectivity index (χ0n) is 11.4. The molecule has 0 fully saturated rings. The summed E-state index contributed by atoms with van der Waals surface area (Å²) < 4.78 is 4.99. The highest BCUT2D eigenvalue weighted by Crippen LogP contribution is 2.19. The van der Waals surface area contributed by atoms with E-state index in [4.69, 9.17) is 4.74 Å². The summed E-state index contributed by atoms with van der Waals surface area (Å²) in [5, 5.41) is 9.99. The van der Waals surface area contributed by atoms with Crippen molar-refractivity contribution < 1.29 is 9.84 Å². The summed E-state index contributed by atoms with van der Waals surface area (Å²) in [5.74, 6) is 0. The highest BCUT2D eigenvalue weighted by Gasteiger charge is 2.10. The van der Waals surface area contributed by atoms with Crippen LogP contribution in [0.1, 0.15) is 35.1 Å². The Morgan fingerprint density at radius 3 is 2.29 bits per heavy atom. The molecule has 0 saturated carbocycles. The summed E-state index contributed by atoms with van der Waals surface area (Å²) in [6.45, 7) is 7.08. The van der Waals surface area contributed by atoms with Gasteiger partial charge >= 0.3 is 0 Å². The number of hydrogen-bond donors (Lipinski definition) is 1. The smallest absolute Gasteiger partial charge is 0.0581 e. The minimum atomic E-state index is -0.259. The lowest BCUT2D eigenvalue weighted by atomic mass is 9.94. The molecule has 0 aliphatic heterocycles. The number of ether oxygens (including phenoxy) is 1. The molecule has 0 saturated heterocycles. The number of aliphatic hydroxyl groups is 1. The maximum Gasteiger partial charge on any atom is 0.0581 e. The van der Waals surface area contributed by atoms with Crippen LogP contribution in [0, 0.1) is 20.8 Å². The van der Waals surface area contributed by atoms with Crippen molar-refractivity contribution in [1.82, 2.24) is 0 Å². The van der Waals surface area contributed by atoms with Crippen molar-refractivity contribution in [1.29, 1.82) is 0 Å². The number of aryl methyl sites for hydroxylation is 3. The van der Waals surface area contributed by atoms with E-state index in [1.54, 1.807) is 7.11 Å². The zero-order chi connectivity index (χ0) is 12.8. The lowest BCUT2D eigenvalue weighted by molar-refractivity contribution is 0.135. The van der Waals surface area contributed by atoms with E-state index in [2.05, 4.69) is 32.9 Å². The van der Waals surface area contributed by atoms with Gasteiger partial charge in [0.15, 0.2) is 0 Å². The third kappa shape index (κ3) is 4.49. The van der Waals surface area contributed by atoms with Gasteiger partial charge in [0.2, 0.25) is 0 Å². The fourth-order valence-corrected chi connectivity index (χ4v) is 2.33. The standard InChI is InChI=1S/C15H24O2/c1-11-8-12(2)15(13(3)9-11)10-14(16)6-5-7-17-4/h8-9,14,16H,5-7,10H2,1-4H3. The Labute approximate surface area is 105 Å². The van der Waals surface area contributed by atoms with Gasteiger partial charge in [0.25, 0.3) is 0 Å². The van der Waals surface area contributed by atoms with Gasteiger partial charge in [-0.25, -0.2) is 0 Å². The number of rotatable bonds is 6. The number of methoxy groups -OCH3 is 1. The van der Waals surface area contributed by atoms with Crippen molar-refractivity contribution in [2.24, 2.45) is 0 Å². The molecule has 0 aromatic heterocycles. The van der Waals surface area contributed by atoms with Gasteiger partial charge in [-0.3, -0.25) is 0 Å². The van der Waals surface area contributed by atoms with Gasteiger partial charge in [0.1, 0.15) is 0 Å². The zero-order valence-corrected chi connectivity index (χ0v) is 11.4. The average Bonchev–Trinajstić information content (AvgIpc) is 2.24. The van der Waals surface area contributed by atoms with Crippen molar-refractivity contribution in [3.05, 3.63) is 34.4 Å². The second-order valence-corrected chi connectivity index (χ2v) is 4.87. The summed E-state index contributed by atoms with van der Waals surface area (Å²) in [5.41, 5.74) is 5.15. The van der Waals surface area contributed by atoms with E-state index in [-0.39, 0.29) is 6.10 Å². The number of aliphatic hydroxyl groups excluding tert-OH is 1. The summed E-state index contributed by atoms with van der Waals surface area (Å²) in [6, 6.07) is 4.37. The minimum absolute atomic E-state index is 0.259. The average molecular weight is 236 g/mol. The fraction of sp³-hybridized carbons (Fsp3) is 0.600. The van der Waals surface area contributed by atoms with Crippen LogP contribution in [0.3, 0.4) is 0 Å². The van der Waals surface area contributed by atoms with Crippen LogP contribution < -0.4 is 0 Å². The lowest BCUT2D eigenvalue weighted by Crippen LogP contribution is -2.13. The van der Waals surface area contributed by atoms with Crippen molar-refractivity contribution in [3.8, 4) is 0 Å². The Balaban J connectivity index is 2.61. The van der Waals surface area contributed by atoms with E-state index in [1.807, 2.05) is 0 Å². The van der Waals surface area contributed by atoms with Crippen LogP contribution in [0.4, 0.5) is 0 Å². The van der Waals surface area contributed by atoms with Gasteiger partial charge in [-0.2, -0.15) is 0 Å². The molecule has 0 aliphatic carbocycles. The van der Waals surface area contributed by atoms with Gasteiger partial charge in [-0.15, -0.1) is 0 Å². The molecule has 1 aromatic carbocycles. The molecule has 2 nitrogen and oxygen atoms in total. The molecule has 0 heterocycles. The van der Waals surface area contributed by atoms with E-state index in [0.717, 1.165) is 25.9 Å². The molecule has 1 N–H and O–H groups in total. The Morgan fingerprint density at radius 1 is 1.18 bits per heavy atom. The normalized spacial score (nSPS) is 12.8. The third-order valence-electron chi connectivity index (χ3n) is 3.17. The van der Waals surface area contributed by atoms with Gasteiger partial charge < -0.3 is 9.84 Å². The molecule has 17 heavy (non-hydrogen) atoms. The van der Waals surface area contributed by atoms with Crippen molar-refractivity contribution in [2.75, 3.05) is 13.7 Å². The van der Waals surface area contributed by atoms with Crippen LogP contribution in [0.2, 0.25) is 0 Å². The van der Waals surface area contributed by atoms with E-state index in [1.165, 1.54) is 22.3 Å². The summed E-state index contributed by atoms with van der Waals surface area (Å²) in [7, 11) is 1.70. The van der Waals surface area contributed by atoms with Crippen LogP contribution in [-0.2, 0) is 11.2 Å². The molecule has 1 rings (SSSR count). The molecule has 0 aliphatic rings. The Bertz CT molecular complexity index is 335. The number of benzene rings is 1. The quantitative estimate of drug-likeness (QED) is 0.769. The van der Waals surface area contributed by atoms with Crippen LogP contribution in [0.5, 0.6) is 0 Å². The molecular formula is C15H24O2. The Kier molecular flexibility index (Phi) is 5.66. The monoisotopic (exact) mass is 236 g/mol. The van der Waals surface area contributed by atoms with E-state index >= 15 is 0 Å². The molecule has 1 aromatic rings. The van der Waals surface area contributed by atoms with Crippen molar-refractivity contribution >= 4 is 0 Å². The first-order chi connectivity index (χ1) is 8.04. The molecule has 2 heteroatoms. The van der Waals surface area contributed by atoms with Gasteiger partial charge in [-0.1, -0.05) is 17.7 Å². The summed E-state index contributed by atoms with van der Waals surface area (Å²) >= 11 is 0. The topological polar surface area (TPSA) is 29.5 Å². The van der Waals surface area contributed by atoms with E-state index in [9.17, 15) is 5.11 Å². The molecule has 96 valence electrons. The summed E-state index contributed by atoms with van der Waals surface area (Å²) in [4.78, 5) is 0. The highest BCUT2D eigenvalue weighted by molar-refractivity contribution is 5.37. The van der Waals surface area contributed by atoms with Gasteiger partial charge in [0, 0.05) is 13.7 Å². The first-order valence-electron chi connectivity index (χ1n) is 6.28. The Morgan fingerprint density at radius 2 is 1.76 bits per heavy atom. The van der Waals surface area contributed by atoms with Gasteiger partial charge in [0.05, 0.1) is 6.10 Å². The molecule has 1 unspecified atom stereocenters. The van der Waals surface area contributed by atoms with Crippen LogP contribution >= 0.6 is 0 Å². The highest BCUT2D eigenvalue weighted by atomic mass is 16.5. The second kappa shape index (κ2) is 6.77. The molecule has 0 bridgehead atoms. The molecule has 0 spiro atoms. The van der Waals surface area contributed by atoms with E-state index in [0.29, 0.717) is 0 Å². The SMILES string of the molecule is COCCCC(O)Cc1c(C)cc(C)cc1C. The van der Waals surface area contributed by atoms with Crippen molar-refractivity contribution in [3.63, 3.8) is 0 Å². The summed E-state index contributed by atoms with van der Waals surface area (Å²) in [6.07, 6.45) is 2.22. The first kappa shape index (κ1) is 14.2. The minimum Gasteiger partial charge on any atom is -0.393 e. The van der Waals surface area contributed by atoms with Crippen LogP contribution in [-0.4, -0.2) is 24.9 Å². The number of hydrogen-bond acceptors (Lipinski definition) is 2. The molecule has 0 amide bonds. The molecular weight excluding hydrogens is 212 g/mol.